The Morgan fingerprint density at radius 1 is 0.939 bits per heavy atom. The van der Waals surface area contributed by atoms with Crippen LogP contribution in [0.3, 0.4) is 0 Å². The van der Waals surface area contributed by atoms with Crippen LogP contribution >= 0.6 is 0 Å². The van der Waals surface area contributed by atoms with E-state index in [1.807, 2.05) is 24.3 Å². The highest BCUT2D eigenvalue weighted by Crippen LogP contribution is 2.14. The lowest BCUT2D eigenvalue weighted by Gasteiger charge is -2.25. The molecule has 1 heterocycles. The summed E-state index contributed by atoms with van der Waals surface area (Å²) in [5.41, 5.74) is 3.29. The van der Waals surface area contributed by atoms with Gasteiger partial charge in [0.15, 0.2) is 0 Å². The van der Waals surface area contributed by atoms with Gasteiger partial charge in [-0.2, -0.15) is 0 Å². The molecule has 0 unspecified atom stereocenters. The normalized spacial score (nSPS) is 14.4. The molecule has 33 heavy (non-hydrogen) atoms. The maximum atomic E-state index is 12.2. The quantitative estimate of drug-likeness (QED) is 0.448. The summed E-state index contributed by atoms with van der Waals surface area (Å²) in [5, 5.41) is 6.50. The zero-order chi connectivity index (χ0) is 23.3. The number of nitrogens with one attached hydrogen (secondary N) is 2. The number of benzene rings is 2. The van der Waals surface area contributed by atoms with Gasteiger partial charge in [0.2, 0.25) is 5.91 Å². The fraction of sp³-hybridized carbons (Fsp3) is 0.519. The maximum Gasteiger partial charge on any atom is 0.225 e. The average molecular weight is 453 g/mol. The molecule has 2 aromatic rings. The van der Waals surface area contributed by atoms with Crippen molar-refractivity contribution in [1.82, 2.24) is 15.1 Å². The minimum atomic E-state index is 0.0941. The Balaban J connectivity index is 1.31. The first kappa shape index (κ1) is 25.2. The van der Waals surface area contributed by atoms with Crippen LogP contribution in [0.2, 0.25) is 0 Å². The van der Waals surface area contributed by atoms with Crippen LogP contribution in [0.25, 0.3) is 0 Å². The number of amides is 1. The smallest absolute Gasteiger partial charge is 0.225 e. The number of ether oxygens (including phenoxy) is 1. The third-order valence-electron chi connectivity index (χ3n) is 5.94. The van der Waals surface area contributed by atoms with Crippen LogP contribution in [0.15, 0.2) is 48.5 Å². The summed E-state index contributed by atoms with van der Waals surface area (Å²) < 4.78 is 5.79. The summed E-state index contributed by atoms with van der Waals surface area (Å²) in [7, 11) is 4.15. The monoisotopic (exact) mass is 452 g/mol. The molecular weight excluding hydrogens is 412 g/mol. The Bertz CT molecular complexity index is 815. The largest absolute Gasteiger partial charge is 0.494 e. The number of likely N-dealkylation sites (tertiary alicyclic amines) is 1. The first-order chi connectivity index (χ1) is 16.1. The standard InChI is InChI=1S/C27H40N4O2/c1-30(2)16-6-20-33-26-13-9-24(10-14-26)22-28-21-23-7-11-25(12-8-23)29-27(32)15-19-31-17-4-3-5-18-31/h7-14,28H,3-6,15-22H2,1-2H3,(H,29,32). The van der Waals surface area contributed by atoms with Gasteiger partial charge in [-0.25, -0.2) is 0 Å². The molecule has 0 aromatic heterocycles. The van der Waals surface area contributed by atoms with E-state index in [4.69, 9.17) is 4.74 Å². The second kappa shape index (κ2) is 14.0. The number of carbonyl (C=O) groups excluding carboxylic acids is 1. The van der Waals surface area contributed by atoms with Crippen molar-refractivity contribution in [3.05, 3.63) is 59.7 Å². The van der Waals surface area contributed by atoms with Gasteiger partial charge in [-0.15, -0.1) is 0 Å². The van der Waals surface area contributed by atoms with Gasteiger partial charge in [0.1, 0.15) is 5.75 Å². The fourth-order valence-corrected chi connectivity index (χ4v) is 4.00. The van der Waals surface area contributed by atoms with Crippen molar-refractivity contribution in [3.8, 4) is 5.75 Å². The van der Waals surface area contributed by atoms with Crippen molar-refractivity contribution >= 4 is 11.6 Å². The summed E-state index contributed by atoms with van der Waals surface area (Å²) in [6, 6.07) is 16.4. The number of piperidine rings is 1. The topological polar surface area (TPSA) is 56.8 Å². The molecule has 0 spiro atoms. The highest BCUT2D eigenvalue weighted by molar-refractivity contribution is 5.90. The van der Waals surface area contributed by atoms with Crippen LogP contribution in [0, 0.1) is 0 Å². The molecule has 0 radical (unpaired) electrons. The van der Waals surface area contributed by atoms with Gasteiger partial charge in [0, 0.05) is 38.3 Å². The van der Waals surface area contributed by atoms with Crippen LogP contribution in [-0.2, 0) is 17.9 Å². The highest BCUT2D eigenvalue weighted by Gasteiger charge is 2.11. The van der Waals surface area contributed by atoms with E-state index in [1.165, 1.54) is 30.4 Å². The minimum Gasteiger partial charge on any atom is -0.494 e. The van der Waals surface area contributed by atoms with E-state index in [0.717, 1.165) is 63.7 Å². The van der Waals surface area contributed by atoms with Gasteiger partial charge >= 0.3 is 0 Å². The molecule has 2 aromatic carbocycles. The lowest BCUT2D eigenvalue weighted by molar-refractivity contribution is -0.116. The van der Waals surface area contributed by atoms with E-state index in [9.17, 15) is 4.79 Å². The third-order valence-corrected chi connectivity index (χ3v) is 5.94. The lowest BCUT2D eigenvalue weighted by Crippen LogP contribution is -2.32. The van der Waals surface area contributed by atoms with Crippen LogP contribution in [-0.4, -0.2) is 62.6 Å². The van der Waals surface area contributed by atoms with Gasteiger partial charge < -0.3 is 25.2 Å². The first-order valence-electron chi connectivity index (χ1n) is 12.3. The Morgan fingerprint density at radius 2 is 1.58 bits per heavy atom. The molecule has 0 saturated carbocycles. The number of hydrogen-bond acceptors (Lipinski definition) is 5. The summed E-state index contributed by atoms with van der Waals surface area (Å²) in [6.45, 7) is 6.48. The number of carbonyl (C=O) groups is 1. The van der Waals surface area contributed by atoms with Crippen LogP contribution in [0.5, 0.6) is 5.75 Å². The molecule has 1 aliphatic heterocycles. The first-order valence-corrected chi connectivity index (χ1v) is 12.3. The van der Waals surface area contributed by atoms with Crippen LogP contribution < -0.4 is 15.4 Å². The van der Waals surface area contributed by atoms with Crippen LogP contribution in [0.4, 0.5) is 5.69 Å². The van der Waals surface area contributed by atoms with E-state index in [1.54, 1.807) is 0 Å². The molecule has 1 fully saturated rings. The van der Waals surface area contributed by atoms with Gasteiger partial charge in [0.25, 0.3) is 0 Å². The molecule has 1 aliphatic rings. The summed E-state index contributed by atoms with van der Waals surface area (Å²) in [6.07, 6.45) is 5.42. The Morgan fingerprint density at radius 3 is 2.21 bits per heavy atom. The van der Waals surface area contributed by atoms with Gasteiger partial charge in [0.05, 0.1) is 6.61 Å². The van der Waals surface area contributed by atoms with E-state index in [0.29, 0.717) is 6.42 Å². The molecule has 6 heteroatoms. The molecule has 1 saturated heterocycles. The van der Waals surface area contributed by atoms with Crippen LogP contribution in [0.1, 0.15) is 43.2 Å². The Kier molecular flexibility index (Phi) is 10.7. The van der Waals surface area contributed by atoms with Gasteiger partial charge in [-0.3, -0.25) is 4.79 Å². The van der Waals surface area contributed by atoms with E-state index >= 15 is 0 Å². The predicted octanol–water partition coefficient (Wildman–Crippen LogP) is 4.12. The van der Waals surface area contributed by atoms with Crippen molar-refractivity contribution in [3.63, 3.8) is 0 Å². The molecule has 2 N–H and O–H groups in total. The van der Waals surface area contributed by atoms with Crippen molar-refractivity contribution < 1.29 is 9.53 Å². The molecule has 0 bridgehead atoms. The second-order valence-corrected chi connectivity index (χ2v) is 9.15. The molecular formula is C27H40N4O2. The number of anilines is 1. The predicted molar refractivity (Wildman–Crippen MR) is 136 cm³/mol. The van der Waals surface area contributed by atoms with Crippen molar-refractivity contribution in [2.75, 3.05) is 52.2 Å². The Labute approximate surface area is 199 Å². The van der Waals surface area contributed by atoms with Gasteiger partial charge in [-0.1, -0.05) is 30.7 Å². The minimum absolute atomic E-state index is 0.0941. The summed E-state index contributed by atoms with van der Waals surface area (Å²) in [4.78, 5) is 16.8. The number of rotatable bonds is 13. The lowest BCUT2D eigenvalue weighted by atomic mass is 10.1. The molecule has 3 rings (SSSR count). The molecule has 0 aliphatic carbocycles. The molecule has 0 atom stereocenters. The van der Waals surface area contributed by atoms with Crippen molar-refractivity contribution in [2.24, 2.45) is 0 Å². The van der Waals surface area contributed by atoms with Crippen molar-refractivity contribution in [2.45, 2.75) is 45.2 Å². The van der Waals surface area contributed by atoms with E-state index in [-0.39, 0.29) is 5.91 Å². The fourth-order valence-electron chi connectivity index (χ4n) is 4.00. The maximum absolute atomic E-state index is 12.2. The highest BCUT2D eigenvalue weighted by atomic mass is 16.5. The SMILES string of the molecule is CN(C)CCCOc1ccc(CNCc2ccc(NC(=O)CCN3CCCCC3)cc2)cc1. The molecule has 180 valence electrons. The second-order valence-electron chi connectivity index (χ2n) is 9.15. The third kappa shape index (κ3) is 9.95. The van der Waals surface area contributed by atoms with E-state index in [2.05, 4.69) is 58.8 Å². The number of hydrogen-bond donors (Lipinski definition) is 2. The Hall–Kier alpha value is -2.41. The van der Waals surface area contributed by atoms with Gasteiger partial charge in [-0.05, 0) is 81.8 Å². The van der Waals surface area contributed by atoms with E-state index < -0.39 is 0 Å². The summed E-state index contributed by atoms with van der Waals surface area (Å²) in [5.74, 6) is 1.02. The average Bonchev–Trinajstić information content (AvgIpc) is 2.83. The molecule has 1 amide bonds. The molecule has 6 nitrogen and oxygen atoms in total. The summed E-state index contributed by atoms with van der Waals surface area (Å²) >= 11 is 0. The zero-order valence-electron chi connectivity index (χ0n) is 20.3. The number of nitrogens with zero attached hydrogens (tertiary/aromatic N) is 2. The van der Waals surface area contributed by atoms with Crippen molar-refractivity contribution in [1.29, 1.82) is 0 Å². The zero-order valence-corrected chi connectivity index (χ0v) is 20.3.